The maximum absolute atomic E-state index is 13.2. The van der Waals surface area contributed by atoms with E-state index < -0.39 is 15.8 Å². The number of nitrogens with two attached hydrogens (primary N) is 1. The topological polar surface area (TPSA) is 72.2 Å². The minimum atomic E-state index is -3.86. The second kappa shape index (κ2) is 5.30. The van der Waals surface area contributed by atoms with Gasteiger partial charge in [-0.3, -0.25) is 4.72 Å². The fourth-order valence-corrected chi connectivity index (χ4v) is 3.28. The van der Waals surface area contributed by atoms with Crippen molar-refractivity contribution in [3.05, 3.63) is 52.8 Å². The van der Waals surface area contributed by atoms with Crippen LogP contribution in [-0.2, 0) is 10.0 Å². The lowest BCUT2D eigenvalue weighted by atomic mass is 10.2. The van der Waals surface area contributed by atoms with Gasteiger partial charge >= 0.3 is 0 Å². The zero-order valence-corrected chi connectivity index (χ0v) is 12.1. The number of rotatable bonds is 3. The summed E-state index contributed by atoms with van der Waals surface area (Å²) in [5.74, 6) is -0.625. The Morgan fingerprint density at radius 3 is 2.60 bits per heavy atom. The maximum atomic E-state index is 13.2. The molecule has 106 valence electrons. The molecular formula is C13H12ClFN2O2S. The lowest BCUT2D eigenvalue weighted by Crippen LogP contribution is -2.15. The molecule has 0 aliphatic carbocycles. The molecule has 0 aliphatic heterocycles. The van der Waals surface area contributed by atoms with Crippen LogP contribution in [0.3, 0.4) is 0 Å². The van der Waals surface area contributed by atoms with Crippen LogP contribution in [0.25, 0.3) is 0 Å². The van der Waals surface area contributed by atoms with Crippen molar-refractivity contribution in [2.45, 2.75) is 11.8 Å². The number of anilines is 2. The van der Waals surface area contributed by atoms with Gasteiger partial charge in [0.1, 0.15) is 5.82 Å². The van der Waals surface area contributed by atoms with E-state index in [1.165, 1.54) is 18.2 Å². The van der Waals surface area contributed by atoms with Crippen molar-refractivity contribution in [3.8, 4) is 0 Å². The largest absolute Gasteiger partial charge is 0.398 e. The van der Waals surface area contributed by atoms with Gasteiger partial charge in [0, 0.05) is 10.7 Å². The Morgan fingerprint density at radius 1 is 1.25 bits per heavy atom. The van der Waals surface area contributed by atoms with Crippen molar-refractivity contribution >= 4 is 33.0 Å². The normalized spacial score (nSPS) is 11.3. The van der Waals surface area contributed by atoms with Crippen LogP contribution in [0.5, 0.6) is 0 Å². The van der Waals surface area contributed by atoms with Crippen molar-refractivity contribution < 1.29 is 12.8 Å². The second-order valence-electron chi connectivity index (χ2n) is 4.23. The first-order chi connectivity index (χ1) is 9.29. The molecule has 0 radical (unpaired) electrons. The molecule has 0 aliphatic rings. The third-order valence-electron chi connectivity index (χ3n) is 2.73. The highest BCUT2D eigenvalue weighted by molar-refractivity contribution is 7.92. The molecule has 0 saturated heterocycles. The van der Waals surface area contributed by atoms with Crippen molar-refractivity contribution in [3.63, 3.8) is 0 Å². The van der Waals surface area contributed by atoms with Crippen LogP contribution in [0.1, 0.15) is 5.56 Å². The number of sulfonamides is 1. The third kappa shape index (κ3) is 3.02. The molecule has 0 aromatic heterocycles. The molecule has 2 rings (SSSR count). The molecule has 4 nitrogen and oxygen atoms in total. The summed E-state index contributed by atoms with van der Waals surface area (Å²) in [5, 5.41) is 0.104. The molecule has 3 N–H and O–H groups in total. The Labute approximate surface area is 121 Å². The lowest BCUT2D eigenvalue weighted by molar-refractivity contribution is 0.600. The fraction of sp³-hybridized carbons (Fsp3) is 0.0769. The number of halogens is 2. The number of nitrogen functional groups attached to an aromatic ring is 1. The molecule has 2 aromatic carbocycles. The molecule has 0 saturated carbocycles. The predicted molar refractivity (Wildman–Crippen MR) is 77.8 cm³/mol. The average molecular weight is 315 g/mol. The molecule has 0 atom stereocenters. The van der Waals surface area contributed by atoms with Gasteiger partial charge in [0.05, 0.1) is 10.6 Å². The number of benzene rings is 2. The maximum Gasteiger partial charge on any atom is 0.262 e. The Kier molecular flexibility index (Phi) is 3.87. The molecule has 0 bridgehead atoms. The predicted octanol–water partition coefficient (Wildman–Crippen LogP) is 3.17. The highest BCUT2D eigenvalue weighted by Gasteiger charge is 2.18. The summed E-state index contributed by atoms with van der Waals surface area (Å²) in [5.41, 5.74) is 6.54. The van der Waals surface area contributed by atoms with Gasteiger partial charge in [-0.2, -0.15) is 0 Å². The van der Waals surface area contributed by atoms with Crippen LogP contribution in [0, 0.1) is 12.7 Å². The Bertz CT molecular complexity index is 743. The molecule has 0 fully saturated rings. The second-order valence-corrected chi connectivity index (χ2v) is 6.32. The van der Waals surface area contributed by atoms with E-state index in [0.29, 0.717) is 11.3 Å². The summed E-state index contributed by atoms with van der Waals surface area (Å²) in [6, 6.07) is 8.03. The van der Waals surface area contributed by atoms with E-state index in [0.717, 1.165) is 12.1 Å². The van der Waals surface area contributed by atoms with Gasteiger partial charge in [0.15, 0.2) is 0 Å². The summed E-state index contributed by atoms with van der Waals surface area (Å²) in [7, 11) is -3.86. The Balaban J connectivity index is 2.43. The first-order valence-corrected chi connectivity index (χ1v) is 7.50. The highest BCUT2D eigenvalue weighted by atomic mass is 35.5. The number of nitrogens with one attached hydrogen (secondary N) is 1. The zero-order valence-electron chi connectivity index (χ0n) is 10.5. The fourth-order valence-electron chi connectivity index (χ4n) is 1.75. The van der Waals surface area contributed by atoms with Crippen LogP contribution in [0.15, 0.2) is 41.3 Å². The van der Waals surface area contributed by atoms with E-state index >= 15 is 0 Å². The molecular weight excluding hydrogens is 303 g/mol. The van der Waals surface area contributed by atoms with E-state index in [9.17, 15) is 12.8 Å². The van der Waals surface area contributed by atoms with E-state index in [-0.39, 0.29) is 15.6 Å². The summed E-state index contributed by atoms with van der Waals surface area (Å²) in [4.78, 5) is 0.0397. The Hall–Kier alpha value is -1.79. The van der Waals surface area contributed by atoms with E-state index in [1.54, 1.807) is 13.0 Å². The molecule has 7 heteroatoms. The average Bonchev–Trinajstić information content (AvgIpc) is 2.30. The number of hydrogen-bond donors (Lipinski definition) is 2. The van der Waals surface area contributed by atoms with Gasteiger partial charge in [0.25, 0.3) is 10.0 Å². The molecule has 0 amide bonds. The Morgan fingerprint density at radius 2 is 1.95 bits per heavy atom. The van der Waals surface area contributed by atoms with Crippen LogP contribution in [0.4, 0.5) is 15.8 Å². The van der Waals surface area contributed by atoms with Gasteiger partial charge < -0.3 is 5.73 Å². The van der Waals surface area contributed by atoms with Gasteiger partial charge in [-0.15, -0.1) is 0 Å². The van der Waals surface area contributed by atoms with Crippen molar-refractivity contribution in [1.82, 2.24) is 0 Å². The van der Waals surface area contributed by atoms with Crippen LogP contribution < -0.4 is 10.5 Å². The molecule has 2 aromatic rings. The smallest absolute Gasteiger partial charge is 0.262 e. The van der Waals surface area contributed by atoms with E-state index in [1.807, 2.05) is 0 Å². The molecule has 0 heterocycles. The van der Waals surface area contributed by atoms with Crippen molar-refractivity contribution in [1.29, 1.82) is 0 Å². The van der Waals surface area contributed by atoms with Gasteiger partial charge in [-0.25, -0.2) is 12.8 Å². The minimum absolute atomic E-state index is 0.0397. The van der Waals surface area contributed by atoms with Crippen molar-refractivity contribution in [2.24, 2.45) is 0 Å². The SMILES string of the molecule is Cc1c(N)cccc1S(=O)(=O)Nc1cc(F)cc(Cl)c1. The van der Waals surface area contributed by atoms with Crippen LogP contribution in [-0.4, -0.2) is 8.42 Å². The van der Waals surface area contributed by atoms with Gasteiger partial charge in [-0.05, 0) is 42.8 Å². The standard InChI is InChI=1S/C13H12ClFN2O2S/c1-8-12(16)3-2-4-13(8)20(18,19)17-11-6-9(14)5-10(15)7-11/h2-7,17H,16H2,1H3. The molecule has 0 unspecified atom stereocenters. The first-order valence-electron chi connectivity index (χ1n) is 5.63. The number of hydrogen-bond acceptors (Lipinski definition) is 3. The van der Waals surface area contributed by atoms with Gasteiger partial charge in [-0.1, -0.05) is 17.7 Å². The summed E-state index contributed by atoms with van der Waals surface area (Å²) in [6.45, 7) is 1.60. The molecule has 0 spiro atoms. The minimum Gasteiger partial charge on any atom is -0.398 e. The summed E-state index contributed by atoms with van der Waals surface area (Å²) >= 11 is 5.69. The highest BCUT2D eigenvalue weighted by Crippen LogP contribution is 2.25. The lowest BCUT2D eigenvalue weighted by Gasteiger charge is -2.12. The van der Waals surface area contributed by atoms with Gasteiger partial charge in [0.2, 0.25) is 0 Å². The van der Waals surface area contributed by atoms with Crippen molar-refractivity contribution in [2.75, 3.05) is 10.5 Å². The third-order valence-corrected chi connectivity index (χ3v) is 4.47. The summed E-state index contributed by atoms with van der Waals surface area (Å²) < 4.78 is 40.0. The monoisotopic (exact) mass is 314 g/mol. The molecule has 20 heavy (non-hydrogen) atoms. The van der Waals surface area contributed by atoms with E-state index in [4.69, 9.17) is 17.3 Å². The van der Waals surface area contributed by atoms with E-state index in [2.05, 4.69) is 4.72 Å². The summed E-state index contributed by atoms with van der Waals surface area (Å²) in [6.07, 6.45) is 0. The van der Waals surface area contributed by atoms with Crippen LogP contribution >= 0.6 is 11.6 Å². The quantitative estimate of drug-likeness (QED) is 0.855. The first kappa shape index (κ1) is 14.6. The van der Waals surface area contributed by atoms with Crippen LogP contribution in [0.2, 0.25) is 5.02 Å². The zero-order chi connectivity index (χ0) is 14.9.